The summed E-state index contributed by atoms with van der Waals surface area (Å²) >= 11 is 0. The molecule has 0 aliphatic heterocycles. The molecule has 1 fully saturated rings. The molecule has 1 N–H and O–H groups in total. The summed E-state index contributed by atoms with van der Waals surface area (Å²) in [6.07, 6.45) is 1.44. The Hall–Kier alpha value is -1.50. The molecule has 0 bridgehead atoms. The van der Waals surface area contributed by atoms with Crippen LogP contribution < -0.4 is 0 Å². The lowest BCUT2D eigenvalue weighted by molar-refractivity contribution is -0.0292. The highest BCUT2D eigenvalue weighted by atomic mass is 16.7. The molecule has 1 rings (SSSR count). The fraction of sp³-hybridized carbons (Fsp3) is 0.867. The van der Waals surface area contributed by atoms with Gasteiger partial charge in [0.2, 0.25) is 0 Å². The van der Waals surface area contributed by atoms with Crippen LogP contribution >= 0.6 is 0 Å². The van der Waals surface area contributed by atoms with Crippen molar-refractivity contribution in [3.8, 4) is 0 Å². The highest BCUT2D eigenvalue weighted by Crippen LogP contribution is 2.24. The third kappa shape index (κ3) is 8.07. The summed E-state index contributed by atoms with van der Waals surface area (Å²) in [6.45, 7) is 4.18. The zero-order valence-corrected chi connectivity index (χ0v) is 13.3. The second-order valence-corrected chi connectivity index (χ2v) is 5.74. The molecule has 0 aromatic rings. The lowest BCUT2D eigenvalue weighted by atomic mass is 9.95. The second kappa shape index (κ2) is 10.3. The largest absolute Gasteiger partial charge is 0.508 e. The van der Waals surface area contributed by atoms with Gasteiger partial charge in [-0.15, -0.1) is 0 Å². The van der Waals surface area contributed by atoms with E-state index in [1.807, 2.05) is 0 Å². The van der Waals surface area contributed by atoms with Crippen molar-refractivity contribution in [2.45, 2.75) is 58.2 Å². The molecule has 0 aromatic heterocycles. The average molecular weight is 318 g/mol. The van der Waals surface area contributed by atoms with E-state index in [0.29, 0.717) is 38.2 Å². The van der Waals surface area contributed by atoms with E-state index in [0.717, 1.165) is 6.42 Å². The van der Waals surface area contributed by atoms with Gasteiger partial charge in [0, 0.05) is 0 Å². The van der Waals surface area contributed by atoms with Crippen LogP contribution in [0.3, 0.4) is 0 Å². The van der Waals surface area contributed by atoms with Crippen molar-refractivity contribution in [3.05, 3.63) is 0 Å². The maximum absolute atomic E-state index is 11.5. The van der Waals surface area contributed by atoms with Crippen LogP contribution in [-0.2, 0) is 18.9 Å². The second-order valence-electron chi connectivity index (χ2n) is 5.74. The van der Waals surface area contributed by atoms with Crippen molar-refractivity contribution in [2.24, 2.45) is 5.92 Å². The van der Waals surface area contributed by atoms with Crippen molar-refractivity contribution in [1.29, 1.82) is 0 Å². The minimum Gasteiger partial charge on any atom is -0.434 e. The highest BCUT2D eigenvalue weighted by molar-refractivity contribution is 5.60. The molecule has 1 aliphatic rings. The molecule has 0 saturated heterocycles. The first-order chi connectivity index (χ1) is 10.5. The van der Waals surface area contributed by atoms with Gasteiger partial charge < -0.3 is 24.1 Å². The smallest absolute Gasteiger partial charge is 0.434 e. The number of aliphatic hydroxyl groups is 1. The third-order valence-electron chi connectivity index (χ3n) is 3.37. The van der Waals surface area contributed by atoms with Gasteiger partial charge >= 0.3 is 12.3 Å². The zero-order chi connectivity index (χ0) is 16.4. The van der Waals surface area contributed by atoms with Crippen molar-refractivity contribution in [3.63, 3.8) is 0 Å². The number of carbonyl (C=O) groups is 2. The third-order valence-corrected chi connectivity index (χ3v) is 3.37. The molecule has 0 amide bonds. The van der Waals surface area contributed by atoms with Crippen molar-refractivity contribution < 1.29 is 33.6 Å². The number of ether oxygens (including phenoxy) is 4. The number of aliphatic hydroxyl groups excluding tert-OH is 1. The molecule has 0 heterocycles. The summed E-state index contributed by atoms with van der Waals surface area (Å²) in [5, 5.41) is 8.54. The van der Waals surface area contributed by atoms with E-state index in [1.165, 1.54) is 0 Å². The lowest BCUT2D eigenvalue weighted by Crippen LogP contribution is -2.30. The van der Waals surface area contributed by atoms with Crippen molar-refractivity contribution in [1.82, 2.24) is 0 Å². The van der Waals surface area contributed by atoms with Gasteiger partial charge in [-0.2, -0.15) is 0 Å². The van der Waals surface area contributed by atoms with E-state index < -0.39 is 12.3 Å². The number of hydrogen-bond donors (Lipinski definition) is 1. The molecule has 7 nitrogen and oxygen atoms in total. The summed E-state index contributed by atoms with van der Waals surface area (Å²) in [6, 6.07) is 0. The fourth-order valence-corrected chi connectivity index (χ4v) is 2.12. The molecule has 7 heteroatoms. The molecular weight excluding hydrogens is 292 g/mol. The SMILES string of the molecule is CC(C)CCOC(=O)OC1CCC(OC(=O)OCCO)CC1. The highest BCUT2D eigenvalue weighted by Gasteiger charge is 2.27. The standard InChI is InChI=1S/C15H26O7/c1-11(2)7-9-19-14(17)21-12-3-5-13(6-4-12)22-15(18)20-10-8-16/h11-13,16H,3-10H2,1-2H3. The van der Waals surface area contributed by atoms with E-state index in [4.69, 9.17) is 19.3 Å². The molecular formula is C15H26O7. The Morgan fingerprint density at radius 3 is 1.82 bits per heavy atom. The Morgan fingerprint density at radius 1 is 0.955 bits per heavy atom. The number of rotatable bonds is 7. The Kier molecular flexibility index (Phi) is 8.65. The van der Waals surface area contributed by atoms with Crippen LogP contribution in [0.4, 0.5) is 9.59 Å². The quantitative estimate of drug-likeness (QED) is 0.721. The van der Waals surface area contributed by atoms with Gasteiger partial charge in [0.15, 0.2) is 0 Å². The van der Waals surface area contributed by atoms with Crippen LogP contribution in [0.1, 0.15) is 46.0 Å². The van der Waals surface area contributed by atoms with Crippen LogP contribution in [0, 0.1) is 5.92 Å². The van der Waals surface area contributed by atoms with Gasteiger partial charge in [0.1, 0.15) is 18.8 Å². The molecule has 0 aromatic carbocycles. The topological polar surface area (TPSA) is 91.3 Å². The van der Waals surface area contributed by atoms with Gasteiger partial charge in [-0.3, -0.25) is 0 Å². The van der Waals surface area contributed by atoms with Crippen LogP contribution in [0.2, 0.25) is 0 Å². The first kappa shape index (κ1) is 18.5. The van der Waals surface area contributed by atoms with Crippen LogP contribution in [0.5, 0.6) is 0 Å². The summed E-state index contributed by atoms with van der Waals surface area (Å²) < 4.78 is 20.0. The predicted molar refractivity (Wildman–Crippen MR) is 77.5 cm³/mol. The van der Waals surface area contributed by atoms with Gasteiger partial charge in [-0.05, 0) is 38.0 Å². The van der Waals surface area contributed by atoms with Crippen molar-refractivity contribution in [2.75, 3.05) is 19.8 Å². The molecule has 22 heavy (non-hydrogen) atoms. The maximum Gasteiger partial charge on any atom is 0.508 e. The van der Waals surface area contributed by atoms with Gasteiger partial charge in [-0.25, -0.2) is 9.59 Å². The Balaban J connectivity index is 2.14. The fourth-order valence-electron chi connectivity index (χ4n) is 2.12. The lowest BCUT2D eigenvalue weighted by Gasteiger charge is -2.27. The van der Waals surface area contributed by atoms with Crippen molar-refractivity contribution >= 4 is 12.3 Å². The van der Waals surface area contributed by atoms with E-state index >= 15 is 0 Å². The molecule has 0 radical (unpaired) electrons. The minimum atomic E-state index is -0.772. The summed E-state index contributed by atoms with van der Waals surface area (Å²) in [7, 11) is 0. The summed E-state index contributed by atoms with van der Waals surface area (Å²) in [5.74, 6) is 0.478. The Labute approximate surface area is 130 Å². The number of carbonyl (C=O) groups excluding carboxylic acids is 2. The van der Waals surface area contributed by atoms with Gasteiger partial charge in [0.05, 0.1) is 13.2 Å². The van der Waals surface area contributed by atoms with E-state index in [1.54, 1.807) is 0 Å². The monoisotopic (exact) mass is 318 g/mol. The average Bonchev–Trinajstić information content (AvgIpc) is 2.47. The Morgan fingerprint density at radius 2 is 1.41 bits per heavy atom. The minimum absolute atomic E-state index is 0.0699. The molecule has 0 unspecified atom stereocenters. The molecule has 0 spiro atoms. The summed E-state index contributed by atoms with van der Waals surface area (Å²) in [5.41, 5.74) is 0. The molecule has 1 aliphatic carbocycles. The van der Waals surface area contributed by atoms with Gasteiger partial charge in [-0.1, -0.05) is 13.8 Å². The van der Waals surface area contributed by atoms with E-state index in [2.05, 4.69) is 18.6 Å². The zero-order valence-electron chi connectivity index (χ0n) is 13.3. The van der Waals surface area contributed by atoms with Crippen LogP contribution in [0.15, 0.2) is 0 Å². The first-order valence-electron chi connectivity index (χ1n) is 7.79. The van der Waals surface area contributed by atoms with Crippen LogP contribution in [0.25, 0.3) is 0 Å². The first-order valence-corrected chi connectivity index (χ1v) is 7.79. The normalized spacial score (nSPS) is 21.3. The Bertz CT molecular complexity index is 335. The van der Waals surface area contributed by atoms with E-state index in [-0.39, 0.29) is 25.4 Å². The van der Waals surface area contributed by atoms with E-state index in [9.17, 15) is 9.59 Å². The van der Waals surface area contributed by atoms with Crippen LogP contribution in [-0.4, -0.2) is 49.4 Å². The molecule has 0 atom stereocenters. The predicted octanol–water partition coefficient (Wildman–Crippen LogP) is 2.64. The van der Waals surface area contributed by atoms with Gasteiger partial charge in [0.25, 0.3) is 0 Å². The summed E-state index contributed by atoms with van der Waals surface area (Å²) in [4.78, 5) is 22.7. The number of hydrogen-bond acceptors (Lipinski definition) is 7. The maximum atomic E-state index is 11.5. The molecule has 128 valence electrons. The molecule has 1 saturated carbocycles.